The maximum atomic E-state index is 10.4. The fourth-order valence-corrected chi connectivity index (χ4v) is 5.24. The van der Waals surface area contributed by atoms with Crippen molar-refractivity contribution in [1.82, 2.24) is 4.90 Å². The van der Waals surface area contributed by atoms with Crippen LogP contribution in [0.1, 0.15) is 17.5 Å². The standard InChI is InChI=1S/C17H19NO3.H2O4S/c1-18-7-6-17-10-3-5-13(20)16(17)21-15-12(19)4-2-9(14(15)17)8-11(10)18;1-5(2,3)4/h2-5,10-11,13,16,19-20H,6-8H2,1H3;(H2,1,2,3,4)/t10-,11+,13-,16-,17-;/m1./s1. The third-order valence-electron chi connectivity index (χ3n) is 6.15. The molecule has 0 saturated carbocycles. The Kier molecular flexibility index (Phi) is 3.87. The number of aromatic hydroxyl groups is 1. The molecular weight excluding hydrogens is 362 g/mol. The van der Waals surface area contributed by atoms with Crippen LogP contribution in [-0.4, -0.2) is 64.5 Å². The molecule has 8 nitrogen and oxygen atoms in total. The van der Waals surface area contributed by atoms with Crippen LogP contribution in [0.15, 0.2) is 24.3 Å². The Morgan fingerprint density at radius 2 is 1.96 bits per heavy atom. The fraction of sp³-hybridized carbons (Fsp3) is 0.529. The van der Waals surface area contributed by atoms with Crippen molar-refractivity contribution < 1.29 is 32.5 Å². The molecule has 2 bridgehead atoms. The molecule has 1 aromatic carbocycles. The third kappa shape index (κ3) is 2.46. The second-order valence-electron chi connectivity index (χ2n) is 7.38. The summed E-state index contributed by atoms with van der Waals surface area (Å²) in [5, 5.41) is 20.6. The Labute approximate surface area is 151 Å². The molecule has 0 radical (unpaired) electrons. The number of hydrogen-bond donors (Lipinski definition) is 4. The first kappa shape index (κ1) is 17.7. The lowest BCUT2D eigenvalue weighted by molar-refractivity contribution is -0.0453. The molecule has 1 fully saturated rings. The van der Waals surface area contributed by atoms with Gasteiger partial charge in [0.15, 0.2) is 11.5 Å². The lowest BCUT2D eigenvalue weighted by atomic mass is 9.53. The molecule has 26 heavy (non-hydrogen) atoms. The summed E-state index contributed by atoms with van der Waals surface area (Å²) in [6.45, 7) is 1.01. The number of likely N-dealkylation sites (N-methyl/N-ethyl adjacent to an activating group) is 1. The molecule has 0 amide bonds. The van der Waals surface area contributed by atoms with Gasteiger partial charge in [-0.05, 0) is 38.1 Å². The SMILES string of the molecule is CN1CC[C@@]23c4c5ccc(O)c4O[C@@H]2[C@H](O)C=C[C@@H]3[C@@H]1C5.O=S(=O)(O)O. The summed E-state index contributed by atoms with van der Waals surface area (Å²) < 4.78 is 37.7. The van der Waals surface area contributed by atoms with Crippen molar-refractivity contribution in [2.24, 2.45) is 5.92 Å². The number of benzene rings is 1. The number of phenolic OH excluding ortho intramolecular Hbond substituents is 1. The fourth-order valence-electron chi connectivity index (χ4n) is 5.24. The highest BCUT2D eigenvalue weighted by atomic mass is 32.3. The molecule has 2 aliphatic heterocycles. The summed E-state index contributed by atoms with van der Waals surface area (Å²) in [5.41, 5.74) is 2.29. The zero-order chi connectivity index (χ0) is 18.9. The van der Waals surface area contributed by atoms with Crippen molar-refractivity contribution in [3.8, 4) is 11.5 Å². The van der Waals surface area contributed by atoms with Crippen molar-refractivity contribution in [2.75, 3.05) is 13.6 Å². The van der Waals surface area contributed by atoms with Crippen LogP contribution in [-0.2, 0) is 22.2 Å². The van der Waals surface area contributed by atoms with Gasteiger partial charge in [0.25, 0.3) is 0 Å². The molecule has 142 valence electrons. The Hall–Kier alpha value is -1.65. The molecule has 1 saturated heterocycles. The van der Waals surface area contributed by atoms with Gasteiger partial charge < -0.3 is 19.8 Å². The van der Waals surface area contributed by atoms with E-state index in [1.165, 1.54) is 11.1 Å². The smallest absolute Gasteiger partial charge is 0.394 e. The molecule has 0 unspecified atom stereocenters. The minimum atomic E-state index is -4.67. The summed E-state index contributed by atoms with van der Waals surface area (Å²) in [7, 11) is -2.48. The Bertz CT molecular complexity index is 875. The van der Waals surface area contributed by atoms with Crippen molar-refractivity contribution in [3.05, 3.63) is 35.4 Å². The zero-order valence-corrected chi connectivity index (χ0v) is 14.9. The predicted octanol–water partition coefficient (Wildman–Crippen LogP) is 0.545. The van der Waals surface area contributed by atoms with E-state index in [1.807, 2.05) is 12.1 Å². The van der Waals surface area contributed by atoms with E-state index in [0.29, 0.717) is 17.7 Å². The van der Waals surface area contributed by atoms with Crippen molar-refractivity contribution in [2.45, 2.75) is 36.5 Å². The van der Waals surface area contributed by atoms with E-state index >= 15 is 0 Å². The van der Waals surface area contributed by atoms with Crippen molar-refractivity contribution in [3.63, 3.8) is 0 Å². The van der Waals surface area contributed by atoms with E-state index in [1.54, 1.807) is 6.07 Å². The minimum Gasteiger partial charge on any atom is -0.504 e. The Balaban J connectivity index is 0.000000301. The molecule has 0 aromatic heterocycles. The number of likely N-dealkylation sites (tertiary alicyclic amines) is 1. The van der Waals surface area contributed by atoms with Crippen LogP contribution in [0.4, 0.5) is 0 Å². The molecule has 9 heteroatoms. The average molecular weight is 383 g/mol. The highest BCUT2D eigenvalue weighted by molar-refractivity contribution is 7.79. The van der Waals surface area contributed by atoms with Crippen LogP contribution in [0.25, 0.3) is 0 Å². The molecular formula is C17H21NO7S. The van der Waals surface area contributed by atoms with E-state index in [4.69, 9.17) is 22.3 Å². The summed E-state index contributed by atoms with van der Waals surface area (Å²) in [6.07, 6.45) is 5.18. The van der Waals surface area contributed by atoms with Crippen molar-refractivity contribution >= 4 is 10.4 Å². The first-order chi connectivity index (χ1) is 12.1. The lowest BCUT2D eigenvalue weighted by Gasteiger charge is -2.56. The van der Waals surface area contributed by atoms with E-state index in [0.717, 1.165) is 19.4 Å². The summed E-state index contributed by atoms with van der Waals surface area (Å²) >= 11 is 0. The van der Waals surface area contributed by atoms with Gasteiger partial charge in [0, 0.05) is 22.9 Å². The molecule has 1 aromatic rings. The molecule has 1 spiro atoms. The molecule has 5 rings (SSSR count). The number of ether oxygens (including phenoxy) is 1. The lowest BCUT2D eigenvalue weighted by Crippen LogP contribution is -2.64. The number of hydrogen-bond acceptors (Lipinski definition) is 6. The minimum absolute atomic E-state index is 0.160. The predicted molar refractivity (Wildman–Crippen MR) is 91.8 cm³/mol. The second-order valence-corrected chi connectivity index (χ2v) is 8.27. The third-order valence-corrected chi connectivity index (χ3v) is 6.15. The Morgan fingerprint density at radius 3 is 2.65 bits per heavy atom. The first-order valence-electron chi connectivity index (χ1n) is 8.41. The topological polar surface area (TPSA) is 128 Å². The molecule has 5 atom stereocenters. The Morgan fingerprint density at radius 1 is 1.27 bits per heavy atom. The van der Waals surface area contributed by atoms with Crippen molar-refractivity contribution in [1.29, 1.82) is 0 Å². The highest BCUT2D eigenvalue weighted by Gasteiger charge is 2.64. The zero-order valence-electron chi connectivity index (χ0n) is 14.1. The van der Waals surface area contributed by atoms with Gasteiger partial charge in [0.2, 0.25) is 0 Å². The monoisotopic (exact) mass is 383 g/mol. The van der Waals surface area contributed by atoms with Crippen LogP contribution in [0.2, 0.25) is 0 Å². The van der Waals surface area contributed by atoms with Gasteiger partial charge in [0.1, 0.15) is 12.2 Å². The van der Waals surface area contributed by atoms with Gasteiger partial charge in [-0.15, -0.1) is 0 Å². The van der Waals surface area contributed by atoms with E-state index in [-0.39, 0.29) is 17.3 Å². The highest BCUT2D eigenvalue weighted by Crippen LogP contribution is 2.62. The number of nitrogens with zero attached hydrogens (tertiary/aromatic N) is 1. The average Bonchev–Trinajstić information content (AvgIpc) is 2.89. The second kappa shape index (κ2) is 5.67. The van der Waals surface area contributed by atoms with Gasteiger partial charge in [-0.1, -0.05) is 18.2 Å². The van der Waals surface area contributed by atoms with E-state index < -0.39 is 16.5 Å². The van der Waals surface area contributed by atoms with Crippen LogP contribution in [0.5, 0.6) is 11.5 Å². The normalized spacial score (nSPS) is 36.6. The largest absolute Gasteiger partial charge is 0.504 e. The molecule has 2 aliphatic carbocycles. The maximum absolute atomic E-state index is 10.4. The maximum Gasteiger partial charge on any atom is 0.394 e. The van der Waals surface area contributed by atoms with Gasteiger partial charge in [0.05, 0.1) is 0 Å². The van der Waals surface area contributed by atoms with Gasteiger partial charge >= 0.3 is 10.4 Å². The first-order valence-corrected chi connectivity index (χ1v) is 9.81. The van der Waals surface area contributed by atoms with Crippen LogP contribution < -0.4 is 4.74 Å². The molecule has 2 heterocycles. The van der Waals surface area contributed by atoms with E-state index in [9.17, 15) is 10.2 Å². The van der Waals surface area contributed by atoms with Crippen LogP contribution in [0.3, 0.4) is 0 Å². The van der Waals surface area contributed by atoms with Crippen LogP contribution in [0, 0.1) is 5.92 Å². The van der Waals surface area contributed by atoms with Gasteiger partial charge in [-0.3, -0.25) is 9.11 Å². The summed E-state index contributed by atoms with van der Waals surface area (Å²) in [4.78, 5) is 2.43. The summed E-state index contributed by atoms with van der Waals surface area (Å²) in [5.74, 6) is 1.19. The van der Waals surface area contributed by atoms with Gasteiger partial charge in [-0.25, -0.2) is 0 Å². The summed E-state index contributed by atoms with van der Waals surface area (Å²) in [6, 6.07) is 4.23. The number of rotatable bonds is 0. The van der Waals surface area contributed by atoms with Gasteiger partial charge in [-0.2, -0.15) is 8.42 Å². The number of aliphatic hydroxyl groups excluding tert-OH is 1. The van der Waals surface area contributed by atoms with E-state index in [2.05, 4.69) is 18.0 Å². The van der Waals surface area contributed by atoms with Crippen LogP contribution >= 0.6 is 0 Å². The number of aliphatic hydroxyl groups is 1. The number of phenols is 1. The molecule has 4 N–H and O–H groups in total. The number of piperidine rings is 1. The molecule has 4 aliphatic rings. The quantitative estimate of drug-likeness (QED) is 0.378.